The Morgan fingerprint density at radius 3 is 2.59 bits per heavy atom. The van der Waals surface area contributed by atoms with Crippen molar-refractivity contribution in [1.82, 2.24) is 4.90 Å². The SMILES string of the molecule is O=C(CC1(O)CCCCC1)N1CCCC1Cc1ccccc1. The quantitative estimate of drug-likeness (QED) is 0.927. The summed E-state index contributed by atoms with van der Waals surface area (Å²) in [6, 6.07) is 10.7. The lowest BCUT2D eigenvalue weighted by molar-refractivity contribution is -0.138. The van der Waals surface area contributed by atoms with Gasteiger partial charge in [0.2, 0.25) is 5.91 Å². The van der Waals surface area contributed by atoms with Gasteiger partial charge in [0, 0.05) is 12.6 Å². The Labute approximate surface area is 133 Å². The van der Waals surface area contributed by atoms with Gasteiger partial charge in [-0.25, -0.2) is 0 Å². The first-order valence-electron chi connectivity index (χ1n) is 8.72. The molecule has 3 heteroatoms. The fraction of sp³-hybridized carbons (Fsp3) is 0.632. The van der Waals surface area contributed by atoms with Crippen molar-refractivity contribution in [1.29, 1.82) is 0 Å². The second kappa shape index (κ2) is 6.82. The average molecular weight is 301 g/mol. The minimum atomic E-state index is -0.741. The minimum Gasteiger partial charge on any atom is -0.389 e. The van der Waals surface area contributed by atoms with Gasteiger partial charge in [-0.15, -0.1) is 0 Å². The molecule has 22 heavy (non-hydrogen) atoms. The van der Waals surface area contributed by atoms with Crippen LogP contribution in [-0.4, -0.2) is 34.1 Å². The Kier molecular flexibility index (Phi) is 4.82. The minimum absolute atomic E-state index is 0.155. The molecule has 1 saturated heterocycles. The van der Waals surface area contributed by atoms with E-state index >= 15 is 0 Å². The summed E-state index contributed by atoms with van der Waals surface area (Å²) in [7, 11) is 0. The molecular weight excluding hydrogens is 274 g/mol. The fourth-order valence-corrected chi connectivity index (χ4v) is 4.03. The van der Waals surface area contributed by atoms with Crippen molar-refractivity contribution in [2.24, 2.45) is 0 Å². The number of rotatable bonds is 4. The normalized spacial score (nSPS) is 24.4. The maximum absolute atomic E-state index is 12.7. The second-order valence-corrected chi connectivity index (χ2v) is 7.03. The Hall–Kier alpha value is -1.35. The molecule has 1 N–H and O–H groups in total. The van der Waals surface area contributed by atoms with E-state index in [1.807, 2.05) is 11.0 Å². The van der Waals surface area contributed by atoms with Crippen LogP contribution in [0, 0.1) is 0 Å². The molecule has 2 aliphatic rings. The number of aliphatic hydroxyl groups is 1. The molecule has 1 saturated carbocycles. The third-order valence-electron chi connectivity index (χ3n) is 5.28. The Balaban J connectivity index is 1.61. The zero-order valence-electron chi connectivity index (χ0n) is 13.3. The smallest absolute Gasteiger partial charge is 0.225 e. The maximum atomic E-state index is 12.7. The van der Waals surface area contributed by atoms with E-state index in [0.29, 0.717) is 12.5 Å². The van der Waals surface area contributed by atoms with Crippen LogP contribution in [0.2, 0.25) is 0 Å². The van der Waals surface area contributed by atoms with Crippen LogP contribution in [-0.2, 0) is 11.2 Å². The summed E-state index contributed by atoms with van der Waals surface area (Å²) in [6.07, 6.45) is 8.29. The molecule has 1 unspecified atom stereocenters. The van der Waals surface area contributed by atoms with Crippen LogP contribution in [0.5, 0.6) is 0 Å². The van der Waals surface area contributed by atoms with Gasteiger partial charge in [0.25, 0.3) is 0 Å². The molecule has 2 fully saturated rings. The molecular formula is C19H27NO2. The summed E-state index contributed by atoms with van der Waals surface area (Å²) in [5.41, 5.74) is 0.554. The molecule has 1 aliphatic carbocycles. The van der Waals surface area contributed by atoms with Crippen molar-refractivity contribution >= 4 is 5.91 Å². The number of benzene rings is 1. The van der Waals surface area contributed by atoms with Gasteiger partial charge in [-0.05, 0) is 37.7 Å². The topological polar surface area (TPSA) is 40.5 Å². The highest BCUT2D eigenvalue weighted by Gasteiger charge is 2.36. The number of carbonyl (C=O) groups excluding carboxylic acids is 1. The van der Waals surface area contributed by atoms with E-state index in [4.69, 9.17) is 0 Å². The van der Waals surface area contributed by atoms with Crippen LogP contribution in [0.15, 0.2) is 30.3 Å². The van der Waals surface area contributed by atoms with Crippen LogP contribution in [0.25, 0.3) is 0 Å². The van der Waals surface area contributed by atoms with Crippen LogP contribution in [0.3, 0.4) is 0 Å². The monoisotopic (exact) mass is 301 g/mol. The standard InChI is InChI=1S/C19H27NO2/c21-18(15-19(22)11-5-2-6-12-19)20-13-7-10-17(20)14-16-8-3-1-4-9-16/h1,3-4,8-9,17,22H,2,5-7,10-15H2. The third kappa shape index (κ3) is 3.70. The third-order valence-corrected chi connectivity index (χ3v) is 5.28. The Morgan fingerprint density at radius 1 is 1.14 bits per heavy atom. The molecule has 0 bridgehead atoms. The predicted molar refractivity (Wildman–Crippen MR) is 87.5 cm³/mol. The number of nitrogens with zero attached hydrogens (tertiary/aromatic N) is 1. The Bertz CT molecular complexity index is 493. The summed E-state index contributed by atoms with van der Waals surface area (Å²) in [6.45, 7) is 0.854. The first-order valence-corrected chi connectivity index (χ1v) is 8.72. The van der Waals surface area contributed by atoms with Crippen LogP contribution in [0.4, 0.5) is 0 Å². The zero-order valence-corrected chi connectivity index (χ0v) is 13.3. The number of hydrogen-bond acceptors (Lipinski definition) is 2. The molecule has 120 valence electrons. The molecule has 1 aromatic carbocycles. The molecule has 1 amide bonds. The second-order valence-electron chi connectivity index (χ2n) is 7.03. The highest BCUT2D eigenvalue weighted by Crippen LogP contribution is 2.32. The molecule has 0 spiro atoms. The van der Waals surface area contributed by atoms with Crippen molar-refractivity contribution in [3.8, 4) is 0 Å². The summed E-state index contributed by atoms with van der Waals surface area (Å²) >= 11 is 0. The van der Waals surface area contributed by atoms with E-state index in [-0.39, 0.29) is 5.91 Å². The Morgan fingerprint density at radius 2 is 1.86 bits per heavy atom. The molecule has 1 aliphatic heterocycles. The van der Waals surface area contributed by atoms with Crippen LogP contribution in [0.1, 0.15) is 56.9 Å². The van der Waals surface area contributed by atoms with Crippen LogP contribution < -0.4 is 0 Å². The van der Waals surface area contributed by atoms with Crippen molar-refractivity contribution in [3.05, 3.63) is 35.9 Å². The average Bonchev–Trinajstić information content (AvgIpc) is 2.97. The van der Waals surface area contributed by atoms with Crippen molar-refractivity contribution in [2.75, 3.05) is 6.54 Å². The molecule has 1 atom stereocenters. The lowest BCUT2D eigenvalue weighted by Gasteiger charge is -2.34. The first-order chi connectivity index (χ1) is 10.7. The molecule has 3 rings (SSSR count). The summed E-state index contributed by atoms with van der Waals surface area (Å²) in [4.78, 5) is 14.7. The van der Waals surface area contributed by atoms with E-state index in [9.17, 15) is 9.90 Å². The molecule has 1 heterocycles. The number of hydrogen-bond donors (Lipinski definition) is 1. The van der Waals surface area contributed by atoms with Gasteiger partial charge in [0.1, 0.15) is 0 Å². The molecule has 3 nitrogen and oxygen atoms in total. The fourth-order valence-electron chi connectivity index (χ4n) is 4.03. The van der Waals surface area contributed by atoms with Gasteiger partial charge in [-0.2, -0.15) is 0 Å². The summed E-state index contributed by atoms with van der Waals surface area (Å²) < 4.78 is 0. The number of amides is 1. The van der Waals surface area contributed by atoms with Gasteiger partial charge in [0.15, 0.2) is 0 Å². The van der Waals surface area contributed by atoms with E-state index < -0.39 is 5.60 Å². The highest BCUT2D eigenvalue weighted by atomic mass is 16.3. The van der Waals surface area contributed by atoms with E-state index in [1.54, 1.807) is 0 Å². The van der Waals surface area contributed by atoms with Gasteiger partial charge < -0.3 is 10.0 Å². The molecule has 0 aromatic heterocycles. The van der Waals surface area contributed by atoms with E-state index in [2.05, 4.69) is 24.3 Å². The number of likely N-dealkylation sites (tertiary alicyclic amines) is 1. The van der Waals surface area contributed by atoms with Crippen molar-refractivity contribution < 1.29 is 9.90 Å². The van der Waals surface area contributed by atoms with E-state index in [1.165, 1.54) is 12.0 Å². The molecule has 0 radical (unpaired) electrons. The predicted octanol–water partition coefficient (Wildman–Crippen LogP) is 3.31. The number of carbonyl (C=O) groups is 1. The van der Waals surface area contributed by atoms with Gasteiger partial charge in [-0.3, -0.25) is 4.79 Å². The summed E-state index contributed by atoms with van der Waals surface area (Å²) in [5.74, 6) is 0.155. The van der Waals surface area contributed by atoms with Crippen LogP contribution >= 0.6 is 0 Å². The first kappa shape index (κ1) is 15.5. The van der Waals surface area contributed by atoms with Gasteiger partial charge in [-0.1, -0.05) is 49.6 Å². The van der Waals surface area contributed by atoms with Gasteiger partial charge in [0.05, 0.1) is 12.0 Å². The summed E-state index contributed by atoms with van der Waals surface area (Å²) in [5, 5.41) is 10.6. The van der Waals surface area contributed by atoms with Gasteiger partial charge >= 0.3 is 0 Å². The molecule has 1 aromatic rings. The maximum Gasteiger partial charge on any atom is 0.225 e. The lowest BCUT2D eigenvalue weighted by atomic mass is 9.82. The largest absolute Gasteiger partial charge is 0.389 e. The zero-order chi connectivity index (χ0) is 15.4. The van der Waals surface area contributed by atoms with E-state index in [0.717, 1.165) is 51.5 Å². The van der Waals surface area contributed by atoms with Crippen molar-refractivity contribution in [2.45, 2.75) is 69.4 Å². The van der Waals surface area contributed by atoms with Crippen molar-refractivity contribution in [3.63, 3.8) is 0 Å². The highest BCUT2D eigenvalue weighted by molar-refractivity contribution is 5.78. The lowest BCUT2D eigenvalue weighted by Crippen LogP contribution is -2.43.